The average Bonchev–Trinajstić information content (AvgIpc) is 3.05. The van der Waals surface area contributed by atoms with Crippen LogP contribution in [0.4, 0.5) is 4.79 Å². The van der Waals surface area contributed by atoms with Crippen LogP contribution in [0.2, 0.25) is 0 Å². The number of amides is 2. The fraction of sp³-hybridized carbons (Fsp3) is 0.200. The third-order valence-electron chi connectivity index (χ3n) is 5.32. The molecule has 4 nitrogen and oxygen atoms in total. The standard InChI is InChI=1S/C25H22BrNO3S/c1-3-16(2)27-24(28)23(31-25(27)29)14-17-9-11-22(21(26)13-17)30-15-18-8-10-19-6-4-5-7-20(19)12-18/h4-14,16H,3,15H2,1-2H3/b23-14+/t16-/m0/s1. The van der Waals surface area contributed by atoms with E-state index in [0.29, 0.717) is 11.5 Å². The Labute approximate surface area is 194 Å². The van der Waals surface area contributed by atoms with Crippen molar-refractivity contribution < 1.29 is 14.3 Å². The lowest BCUT2D eigenvalue weighted by molar-refractivity contribution is -0.124. The van der Waals surface area contributed by atoms with Gasteiger partial charge in [0.2, 0.25) is 0 Å². The molecule has 0 aliphatic carbocycles. The number of benzene rings is 3. The van der Waals surface area contributed by atoms with Crippen LogP contribution in [0.3, 0.4) is 0 Å². The minimum Gasteiger partial charge on any atom is -0.488 e. The highest BCUT2D eigenvalue weighted by atomic mass is 79.9. The molecule has 0 N–H and O–H groups in total. The highest BCUT2D eigenvalue weighted by molar-refractivity contribution is 9.10. The lowest BCUT2D eigenvalue weighted by Gasteiger charge is -2.19. The first-order valence-corrected chi connectivity index (χ1v) is 11.7. The topological polar surface area (TPSA) is 46.6 Å². The Morgan fingerprint density at radius 3 is 2.58 bits per heavy atom. The summed E-state index contributed by atoms with van der Waals surface area (Å²) in [5.74, 6) is 0.495. The maximum Gasteiger partial charge on any atom is 0.293 e. The van der Waals surface area contributed by atoms with Crippen molar-refractivity contribution >= 4 is 55.7 Å². The lowest BCUT2D eigenvalue weighted by Crippen LogP contribution is -2.36. The van der Waals surface area contributed by atoms with E-state index in [0.717, 1.165) is 39.5 Å². The van der Waals surface area contributed by atoms with Crippen molar-refractivity contribution in [2.75, 3.05) is 0 Å². The third kappa shape index (κ3) is 4.70. The predicted molar refractivity (Wildman–Crippen MR) is 130 cm³/mol. The molecule has 0 saturated carbocycles. The number of thioether (sulfide) groups is 1. The van der Waals surface area contributed by atoms with Gasteiger partial charge in [0.15, 0.2) is 0 Å². The van der Waals surface area contributed by atoms with Crippen molar-refractivity contribution in [2.24, 2.45) is 0 Å². The Balaban J connectivity index is 1.47. The van der Waals surface area contributed by atoms with Crippen LogP contribution in [-0.2, 0) is 11.4 Å². The summed E-state index contributed by atoms with van der Waals surface area (Å²) in [6.45, 7) is 4.31. The van der Waals surface area contributed by atoms with E-state index in [1.165, 1.54) is 15.7 Å². The maximum atomic E-state index is 12.6. The van der Waals surface area contributed by atoms with E-state index in [2.05, 4.69) is 46.3 Å². The van der Waals surface area contributed by atoms with Gasteiger partial charge in [0.1, 0.15) is 12.4 Å². The number of rotatable bonds is 6. The summed E-state index contributed by atoms with van der Waals surface area (Å²) in [7, 11) is 0. The molecule has 31 heavy (non-hydrogen) atoms. The number of ether oxygens (including phenoxy) is 1. The molecule has 3 aromatic rings. The van der Waals surface area contributed by atoms with Crippen molar-refractivity contribution in [1.82, 2.24) is 4.90 Å². The molecular weight excluding hydrogens is 474 g/mol. The summed E-state index contributed by atoms with van der Waals surface area (Å²) in [4.78, 5) is 26.6. The van der Waals surface area contributed by atoms with E-state index in [4.69, 9.17) is 4.74 Å². The van der Waals surface area contributed by atoms with Gasteiger partial charge in [-0.3, -0.25) is 14.5 Å². The van der Waals surface area contributed by atoms with E-state index in [-0.39, 0.29) is 17.2 Å². The molecule has 0 spiro atoms. The van der Waals surface area contributed by atoms with Gasteiger partial charge in [-0.1, -0.05) is 49.4 Å². The number of hydrogen-bond acceptors (Lipinski definition) is 4. The molecule has 0 unspecified atom stereocenters. The molecule has 6 heteroatoms. The Bertz CT molecular complexity index is 1190. The first kappa shape index (κ1) is 21.7. The Kier molecular flexibility index (Phi) is 6.49. The number of carbonyl (C=O) groups excluding carboxylic acids is 2. The normalized spacial score (nSPS) is 16.4. The maximum absolute atomic E-state index is 12.6. The van der Waals surface area contributed by atoms with Crippen LogP contribution >= 0.6 is 27.7 Å². The number of hydrogen-bond donors (Lipinski definition) is 0. The van der Waals surface area contributed by atoms with Gasteiger partial charge in [-0.2, -0.15) is 0 Å². The smallest absolute Gasteiger partial charge is 0.293 e. The van der Waals surface area contributed by atoms with Crippen molar-refractivity contribution in [2.45, 2.75) is 32.9 Å². The Hall–Kier alpha value is -2.57. The van der Waals surface area contributed by atoms with Crippen molar-refractivity contribution in [3.63, 3.8) is 0 Å². The second-order valence-corrected chi connectivity index (χ2v) is 9.32. The zero-order chi connectivity index (χ0) is 22.0. The first-order chi connectivity index (χ1) is 15.0. The van der Waals surface area contributed by atoms with Gasteiger partial charge in [-0.25, -0.2) is 0 Å². The van der Waals surface area contributed by atoms with Crippen molar-refractivity contribution in [3.8, 4) is 5.75 Å². The molecule has 1 aliphatic heterocycles. The predicted octanol–water partition coefficient (Wildman–Crippen LogP) is 7.02. The van der Waals surface area contributed by atoms with Gasteiger partial charge in [-0.05, 0) is 87.2 Å². The van der Waals surface area contributed by atoms with Gasteiger partial charge in [0, 0.05) is 6.04 Å². The van der Waals surface area contributed by atoms with Crippen molar-refractivity contribution in [1.29, 1.82) is 0 Å². The van der Waals surface area contributed by atoms with Crippen LogP contribution in [0.15, 0.2) is 70.0 Å². The van der Waals surface area contributed by atoms with Crippen LogP contribution in [0, 0.1) is 0 Å². The van der Waals surface area contributed by atoms with Crippen LogP contribution in [0.1, 0.15) is 31.4 Å². The highest BCUT2D eigenvalue weighted by Crippen LogP contribution is 2.35. The van der Waals surface area contributed by atoms with Crippen LogP contribution in [-0.4, -0.2) is 22.1 Å². The molecule has 4 rings (SSSR count). The zero-order valence-corrected chi connectivity index (χ0v) is 19.7. The number of halogens is 1. The molecule has 1 fully saturated rings. The van der Waals surface area contributed by atoms with Gasteiger partial charge >= 0.3 is 0 Å². The summed E-state index contributed by atoms with van der Waals surface area (Å²) in [6, 6.07) is 20.1. The number of imide groups is 1. The molecular formula is C25H22BrNO3S. The van der Waals surface area contributed by atoms with Gasteiger partial charge in [0.25, 0.3) is 11.1 Å². The minimum atomic E-state index is -0.225. The van der Waals surface area contributed by atoms with E-state index < -0.39 is 0 Å². The van der Waals surface area contributed by atoms with E-state index in [9.17, 15) is 9.59 Å². The molecule has 1 atom stereocenters. The third-order valence-corrected chi connectivity index (χ3v) is 6.82. The summed E-state index contributed by atoms with van der Waals surface area (Å²) >= 11 is 4.55. The molecule has 0 aromatic heterocycles. The molecule has 158 valence electrons. The molecule has 2 amide bonds. The van der Waals surface area contributed by atoms with E-state index in [1.54, 1.807) is 6.08 Å². The quantitative estimate of drug-likeness (QED) is 0.344. The molecule has 1 heterocycles. The second kappa shape index (κ2) is 9.28. The number of nitrogens with zero attached hydrogens (tertiary/aromatic N) is 1. The van der Waals surface area contributed by atoms with Gasteiger partial charge in [-0.15, -0.1) is 0 Å². The van der Waals surface area contributed by atoms with Gasteiger partial charge in [0.05, 0.1) is 9.38 Å². The number of carbonyl (C=O) groups is 2. The lowest BCUT2D eigenvalue weighted by atomic mass is 10.1. The Morgan fingerprint density at radius 2 is 1.84 bits per heavy atom. The fourth-order valence-electron chi connectivity index (χ4n) is 3.41. The molecule has 3 aromatic carbocycles. The monoisotopic (exact) mass is 495 g/mol. The highest BCUT2D eigenvalue weighted by Gasteiger charge is 2.37. The van der Waals surface area contributed by atoms with E-state index >= 15 is 0 Å². The summed E-state index contributed by atoms with van der Waals surface area (Å²) in [5.41, 5.74) is 1.92. The van der Waals surface area contributed by atoms with Crippen LogP contribution in [0.5, 0.6) is 5.75 Å². The minimum absolute atomic E-state index is 0.101. The summed E-state index contributed by atoms with van der Waals surface area (Å²) in [5, 5.41) is 2.18. The largest absolute Gasteiger partial charge is 0.488 e. The summed E-state index contributed by atoms with van der Waals surface area (Å²) in [6.07, 6.45) is 2.49. The molecule has 1 saturated heterocycles. The molecule has 0 radical (unpaired) electrons. The molecule has 1 aliphatic rings. The fourth-order valence-corrected chi connectivity index (χ4v) is 4.85. The molecule has 0 bridgehead atoms. The van der Waals surface area contributed by atoms with Crippen LogP contribution < -0.4 is 4.74 Å². The Morgan fingerprint density at radius 1 is 1.06 bits per heavy atom. The first-order valence-electron chi connectivity index (χ1n) is 10.1. The average molecular weight is 496 g/mol. The van der Waals surface area contributed by atoms with Gasteiger partial charge < -0.3 is 4.74 Å². The number of fused-ring (bicyclic) bond motifs is 1. The second-order valence-electron chi connectivity index (χ2n) is 7.47. The van der Waals surface area contributed by atoms with Crippen molar-refractivity contribution in [3.05, 3.63) is 81.2 Å². The van der Waals surface area contributed by atoms with E-state index in [1.807, 2.05) is 44.2 Å². The van der Waals surface area contributed by atoms with Crippen LogP contribution in [0.25, 0.3) is 16.8 Å². The zero-order valence-electron chi connectivity index (χ0n) is 17.3. The summed E-state index contributed by atoms with van der Waals surface area (Å²) < 4.78 is 6.79. The SMILES string of the molecule is CC[C@H](C)N1C(=O)S/C(=C/c2ccc(OCc3ccc4ccccc4c3)c(Br)c2)C1=O.